The summed E-state index contributed by atoms with van der Waals surface area (Å²) in [5.74, 6) is 0. The van der Waals surface area contributed by atoms with Gasteiger partial charge in [0.25, 0.3) is 0 Å². The molecule has 0 N–H and O–H groups in total. The normalized spacial score (nSPS) is 25.1. The van der Waals surface area contributed by atoms with E-state index in [1.807, 2.05) is 0 Å². The summed E-state index contributed by atoms with van der Waals surface area (Å²) in [6.45, 7) is 8.40. The molecular weight excluding hydrogens is 320 g/mol. The molecule has 1 aliphatic carbocycles. The fraction of sp³-hybridized carbons (Fsp3) is 0.583. The van der Waals surface area contributed by atoms with Crippen molar-refractivity contribution < 1.29 is 9.47 Å². The molecule has 0 spiro atoms. The summed E-state index contributed by atoms with van der Waals surface area (Å²) in [7, 11) is 0. The minimum absolute atomic E-state index is 0.248. The summed E-state index contributed by atoms with van der Waals surface area (Å²) in [6, 6.07) is 10.8. The van der Waals surface area contributed by atoms with Crippen molar-refractivity contribution >= 4 is 5.57 Å². The predicted octanol–water partition coefficient (Wildman–Crippen LogP) is 5.65. The molecule has 140 valence electrons. The second kappa shape index (κ2) is 6.98. The third kappa shape index (κ3) is 3.30. The molecule has 3 aliphatic rings. The number of hydrogen-bond donors (Lipinski definition) is 0. The van der Waals surface area contributed by atoms with Crippen LogP contribution in [0.25, 0.3) is 5.57 Å². The van der Waals surface area contributed by atoms with Crippen molar-refractivity contribution in [1.29, 1.82) is 0 Å². The average Bonchev–Trinajstić information content (AvgIpc) is 2.63. The lowest BCUT2D eigenvalue weighted by Gasteiger charge is -2.52. The van der Waals surface area contributed by atoms with Crippen molar-refractivity contribution in [2.45, 2.75) is 46.0 Å². The molecule has 2 heterocycles. The predicted molar refractivity (Wildman–Crippen MR) is 107 cm³/mol. The Morgan fingerprint density at radius 1 is 0.846 bits per heavy atom. The number of rotatable bonds is 7. The summed E-state index contributed by atoms with van der Waals surface area (Å²) in [4.78, 5) is 0. The van der Waals surface area contributed by atoms with Crippen LogP contribution in [0.5, 0.6) is 0 Å². The number of hydrogen-bond acceptors (Lipinski definition) is 2. The Kier molecular flexibility index (Phi) is 4.83. The van der Waals surface area contributed by atoms with Crippen LogP contribution < -0.4 is 0 Å². The molecule has 0 amide bonds. The van der Waals surface area contributed by atoms with Gasteiger partial charge in [0, 0.05) is 10.8 Å². The summed E-state index contributed by atoms with van der Waals surface area (Å²) >= 11 is 0. The molecule has 0 radical (unpaired) electrons. The van der Waals surface area contributed by atoms with E-state index in [0.29, 0.717) is 10.8 Å². The van der Waals surface area contributed by atoms with E-state index >= 15 is 0 Å². The van der Waals surface area contributed by atoms with Crippen LogP contribution in [0.4, 0.5) is 0 Å². The Morgan fingerprint density at radius 2 is 1.42 bits per heavy atom. The van der Waals surface area contributed by atoms with E-state index in [2.05, 4.69) is 62.4 Å². The average molecular weight is 353 g/mol. The number of ether oxygens (including phenoxy) is 2. The largest absolute Gasteiger partial charge is 0.380 e. The van der Waals surface area contributed by atoms with Gasteiger partial charge in [-0.05, 0) is 48.7 Å². The smallest absolute Gasteiger partial charge is 0.0545 e. The zero-order valence-electron chi connectivity index (χ0n) is 16.3. The SMILES string of the molecule is CCC1(CC2(CC3(CC)COC3)C=CC(c3ccccc3)=CC2)COC1. The number of allylic oxidation sites excluding steroid dienone is 4. The fourth-order valence-electron chi connectivity index (χ4n) is 5.02. The first-order valence-electron chi connectivity index (χ1n) is 10.2. The topological polar surface area (TPSA) is 18.5 Å². The maximum Gasteiger partial charge on any atom is 0.0545 e. The van der Waals surface area contributed by atoms with Crippen molar-refractivity contribution in [3.63, 3.8) is 0 Å². The molecule has 0 saturated carbocycles. The lowest BCUT2D eigenvalue weighted by Crippen LogP contribution is -2.50. The van der Waals surface area contributed by atoms with E-state index in [1.54, 1.807) is 0 Å². The first-order valence-corrected chi connectivity index (χ1v) is 10.2. The monoisotopic (exact) mass is 352 g/mol. The van der Waals surface area contributed by atoms with Gasteiger partial charge in [0.2, 0.25) is 0 Å². The van der Waals surface area contributed by atoms with Gasteiger partial charge in [-0.1, -0.05) is 62.4 Å². The molecule has 1 aromatic carbocycles. The van der Waals surface area contributed by atoms with Crippen molar-refractivity contribution in [1.82, 2.24) is 0 Å². The van der Waals surface area contributed by atoms with E-state index < -0.39 is 0 Å². The van der Waals surface area contributed by atoms with Crippen molar-refractivity contribution in [3.8, 4) is 0 Å². The third-order valence-corrected chi connectivity index (χ3v) is 7.04. The van der Waals surface area contributed by atoms with Gasteiger partial charge in [-0.15, -0.1) is 0 Å². The highest BCUT2D eigenvalue weighted by Crippen LogP contribution is 2.54. The molecule has 0 unspecified atom stereocenters. The highest BCUT2D eigenvalue weighted by molar-refractivity contribution is 5.75. The second-order valence-electron chi connectivity index (χ2n) is 8.97. The molecule has 2 nitrogen and oxygen atoms in total. The van der Waals surface area contributed by atoms with Gasteiger partial charge >= 0.3 is 0 Å². The standard InChI is InChI=1S/C24H32O2/c1-3-22(16-25-17-22)14-24(15-23(4-2)18-26-19-23)12-10-21(11-13-24)20-8-6-5-7-9-20/h5-12H,3-4,13-19H2,1-2H3. The third-order valence-electron chi connectivity index (χ3n) is 7.04. The minimum atomic E-state index is 0.248. The van der Waals surface area contributed by atoms with Crippen LogP contribution in [-0.4, -0.2) is 26.4 Å². The van der Waals surface area contributed by atoms with E-state index in [-0.39, 0.29) is 5.41 Å². The lowest BCUT2D eigenvalue weighted by atomic mass is 9.59. The molecule has 2 heteroatoms. The van der Waals surface area contributed by atoms with Gasteiger partial charge in [0.05, 0.1) is 26.4 Å². The maximum atomic E-state index is 5.64. The highest BCUT2D eigenvalue weighted by Gasteiger charge is 2.49. The lowest BCUT2D eigenvalue weighted by molar-refractivity contribution is -0.158. The molecule has 26 heavy (non-hydrogen) atoms. The van der Waals surface area contributed by atoms with Crippen molar-refractivity contribution in [2.24, 2.45) is 16.2 Å². The van der Waals surface area contributed by atoms with Crippen molar-refractivity contribution in [2.75, 3.05) is 26.4 Å². The molecule has 0 atom stereocenters. The van der Waals surface area contributed by atoms with Crippen LogP contribution in [0.1, 0.15) is 51.5 Å². The van der Waals surface area contributed by atoms with Crippen LogP contribution in [0.3, 0.4) is 0 Å². The van der Waals surface area contributed by atoms with E-state index in [0.717, 1.165) is 32.8 Å². The molecular formula is C24H32O2. The summed E-state index contributed by atoms with van der Waals surface area (Å²) in [5.41, 5.74) is 3.70. The van der Waals surface area contributed by atoms with Gasteiger partial charge in [0.1, 0.15) is 0 Å². The molecule has 2 fully saturated rings. The Morgan fingerprint density at radius 3 is 1.81 bits per heavy atom. The number of benzene rings is 1. The van der Waals surface area contributed by atoms with Gasteiger partial charge < -0.3 is 9.47 Å². The fourth-order valence-corrected chi connectivity index (χ4v) is 5.02. The Bertz CT molecular complexity index is 642. The molecule has 0 aromatic heterocycles. The molecule has 4 rings (SSSR count). The Balaban J connectivity index is 1.58. The quantitative estimate of drug-likeness (QED) is 0.631. The van der Waals surface area contributed by atoms with Crippen LogP contribution in [0.2, 0.25) is 0 Å². The highest BCUT2D eigenvalue weighted by atomic mass is 16.5. The van der Waals surface area contributed by atoms with Crippen molar-refractivity contribution in [3.05, 3.63) is 54.1 Å². The van der Waals surface area contributed by atoms with Gasteiger partial charge in [-0.25, -0.2) is 0 Å². The van der Waals surface area contributed by atoms with E-state index in [1.165, 1.54) is 36.8 Å². The summed E-state index contributed by atoms with van der Waals surface area (Å²) in [6.07, 6.45) is 13.4. The summed E-state index contributed by atoms with van der Waals surface area (Å²) < 4.78 is 11.3. The molecule has 0 bridgehead atoms. The minimum Gasteiger partial charge on any atom is -0.380 e. The van der Waals surface area contributed by atoms with Gasteiger partial charge in [0.15, 0.2) is 0 Å². The first kappa shape index (κ1) is 18.0. The summed E-state index contributed by atoms with van der Waals surface area (Å²) in [5, 5.41) is 0. The van der Waals surface area contributed by atoms with Crippen LogP contribution in [0, 0.1) is 16.2 Å². The van der Waals surface area contributed by atoms with E-state index in [4.69, 9.17) is 9.47 Å². The van der Waals surface area contributed by atoms with E-state index in [9.17, 15) is 0 Å². The molecule has 2 aliphatic heterocycles. The van der Waals surface area contributed by atoms with Gasteiger partial charge in [-0.2, -0.15) is 0 Å². The zero-order chi connectivity index (χ0) is 18.1. The molecule has 1 aromatic rings. The Labute approximate surface area is 158 Å². The van der Waals surface area contributed by atoms with Gasteiger partial charge in [-0.3, -0.25) is 0 Å². The first-order chi connectivity index (χ1) is 12.6. The zero-order valence-corrected chi connectivity index (χ0v) is 16.3. The Hall–Kier alpha value is -1.38. The maximum absolute atomic E-state index is 5.64. The van der Waals surface area contributed by atoms with Crippen LogP contribution in [-0.2, 0) is 9.47 Å². The second-order valence-corrected chi connectivity index (χ2v) is 8.97. The van der Waals surface area contributed by atoms with Crippen LogP contribution in [0.15, 0.2) is 48.6 Å². The molecule has 2 saturated heterocycles. The van der Waals surface area contributed by atoms with Crippen LogP contribution >= 0.6 is 0 Å².